The van der Waals surface area contributed by atoms with Crippen molar-refractivity contribution in [1.82, 2.24) is 10.6 Å². The fourth-order valence-electron chi connectivity index (χ4n) is 1.19. The SMILES string of the molecule is CC(=O)NC(OC(=O)CC(=O)OC(NC(C)=O)C(Cl)(Cl)Cl)C(Cl)(Cl)Cl. The van der Waals surface area contributed by atoms with E-state index in [1.54, 1.807) is 0 Å². The number of alkyl halides is 6. The molecule has 0 saturated carbocycles. The molecule has 0 saturated heterocycles. The van der Waals surface area contributed by atoms with E-state index in [1.807, 2.05) is 0 Å². The summed E-state index contributed by atoms with van der Waals surface area (Å²) in [7, 11) is 0. The number of carbonyl (C=O) groups is 4. The minimum atomic E-state index is -2.19. The number of carbonyl (C=O) groups excluding carboxylic acids is 4. The molecule has 2 unspecified atom stereocenters. The van der Waals surface area contributed by atoms with Gasteiger partial charge in [-0.2, -0.15) is 0 Å². The summed E-state index contributed by atoms with van der Waals surface area (Å²) >= 11 is 33.3. The number of rotatable bonds is 6. The molecule has 0 radical (unpaired) electrons. The molecule has 2 amide bonds. The molecule has 0 aromatic heterocycles. The van der Waals surface area contributed by atoms with Gasteiger partial charge in [-0.3, -0.25) is 19.2 Å². The molecule has 0 bridgehead atoms. The molecule has 0 spiro atoms. The Kier molecular flexibility index (Phi) is 9.93. The van der Waals surface area contributed by atoms with Crippen LogP contribution in [0.4, 0.5) is 0 Å². The normalized spacial score (nSPS) is 14.1. The van der Waals surface area contributed by atoms with Gasteiger partial charge < -0.3 is 20.1 Å². The summed E-state index contributed by atoms with van der Waals surface area (Å²) in [6, 6.07) is 0. The molecule has 2 N–H and O–H groups in total. The van der Waals surface area contributed by atoms with Crippen LogP contribution in [0.25, 0.3) is 0 Å². The van der Waals surface area contributed by atoms with Gasteiger partial charge in [-0.1, -0.05) is 69.6 Å². The van der Waals surface area contributed by atoms with Gasteiger partial charge in [-0.25, -0.2) is 0 Å². The first kappa shape index (κ1) is 24.6. The second kappa shape index (κ2) is 10.1. The van der Waals surface area contributed by atoms with Crippen molar-refractivity contribution in [2.24, 2.45) is 0 Å². The third-order valence-electron chi connectivity index (χ3n) is 2.05. The van der Waals surface area contributed by atoms with Crippen LogP contribution >= 0.6 is 69.6 Å². The molecule has 14 heteroatoms. The zero-order chi connectivity index (χ0) is 20.0. The number of halogens is 6. The number of hydrogen-bond donors (Lipinski definition) is 2. The molecular weight excluding hydrogens is 469 g/mol. The molecule has 0 heterocycles. The first-order valence-electron chi connectivity index (χ1n) is 6.19. The lowest BCUT2D eigenvalue weighted by atomic mass is 10.4. The highest BCUT2D eigenvalue weighted by molar-refractivity contribution is 6.68. The topological polar surface area (TPSA) is 111 Å². The van der Waals surface area contributed by atoms with Gasteiger partial charge in [0.1, 0.15) is 6.42 Å². The lowest BCUT2D eigenvalue weighted by molar-refractivity contribution is -0.162. The van der Waals surface area contributed by atoms with E-state index in [0.717, 1.165) is 13.8 Å². The van der Waals surface area contributed by atoms with Crippen LogP contribution < -0.4 is 10.6 Å². The monoisotopic (exact) mass is 478 g/mol. The standard InChI is InChI=1S/C11H12Cl6N2O6/c1-4(20)18-8(10(12,13)14)24-6(22)3-7(23)25-9(11(15,16)17)19-5(2)21/h8-9H,3H2,1-2H3,(H,18,20)(H,19,21). The van der Waals surface area contributed by atoms with Crippen LogP contribution in [0.3, 0.4) is 0 Å². The maximum Gasteiger partial charge on any atom is 0.319 e. The first-order valence-corrected chi connectivity index (χ1v) is 8.46. The van der Waals surface area contributed by atoms with Crippen LogP contribution in [0.5, 0.6) is 0 Å². The summed E-state index contributed by atoms with van der Waals surface area (Å²) in [6.45, 7) is 2.18. The van der Waals surface area contributed by atoms with Crippen LogP contribution in [0.2, 0.25) is 0 Å². The van der Waals surface area contributed by atoms with Crippen molar-refractivity contribution in [2.45, 2.75) is 40.3 Å². The van der Waals surface area contributed by atoms with E-state index < -0.39 is 50.2 Å². The van der Waals surface area contributed by atoms with Gasteiger partial charge in [0, 0.05) is 13.8 Å². The van der Waals surface area contributed by atoms with Gasteiger partial charge in [0.05, 0.1) is 0 Å². The highest BCUT2D eigenvalue weighted by atomic mass is 35.6. The minimum absolute atomic E-state index is 0.659. The van der Waals surface area contributed by atoms with Gasteiger partial charge in [-0.05, 0) is 0 Å². The maximum absolute atomic E-state index is 11.7. The first-order chi connectivity index (χ1) is 11.1. The number of amides is 2. The number of hydrogen-bond acceptors (Lipinski definition) is 6. The predicted molar refractivity (Wildman–Crippen MR) is 92.6 cm³/mol. The molecule has 8 nitrogen and oxygen atoms in total. The third-order valence-corrected chi connectivity index (χ3v) is 3.24. The highest BCUT2D eigenvalue weighted by Crippen LogP contribution is 2.32. The van der Waals surface area contributed by atoms with Crippen LogP contribution in [-0.4, -0.2) is 43.8 Å². The van der Waals surface area contributed by atoms with E-state index in [9.17, 15) is 19.2 Å². The van der Waals surface area contributed by atoms with Crippen molar-refractivity contribution in [3.8, 4) is 0 Å². The Morgan fingerprint density at radius 2 is 1.04 bits per heavy atom. The second-order valence-corrected chi connectivity index (χ2v) is 9.14. The van der Waals surface area contributed by atoms with E-state index in [1.165, 1.54) is 0 Å². The average molecular weight is 481 g/mol. The van der Waals surface area contributed by atoms with Gasteiger partial charge in [-0.15, -0.1) is 0 Å². The third kappa shape index (κ3) is 11.0. The molecule has 0 aliphatic heterocycles. The van der Waals surface area contributed by atoms with Crippen molar-refractivity contribution >= 4 is 93.4 Å². The van der Waals surface area contributed by atoms with Crippen LogP contribution in [0, 0.1) is 0 Å². The fraction of sp³-hybridized carbons (Fsp3) is 0.636. The van der Waals surface area contributed by atoms with Crippen LogP contribution in [0.1, 0.15) is 20.3 Å². The van der Waals surface area contributed by atoms with Crippen molar-refractivity contribution in [2.75, 3.05) is 0 Å². The lowest BCUT2D eigenvalue weighted by Gasteiger charge is -2.26. The van der Waals surface area contributed by atoms with E-state index in [-0.39, 0.29) is 0 Å². The summed E-state index contributed by atoms with van der Waals surface area (Å²) in [4.78, 5) is 45.4. The molecule has 0 fully saturated rings. The number of ether oxygens (including phenoxy) is 2. The largest absolute Gasteiger partial charge is 0.437 e. The zero-order valence-corrected chi connectivity index (χ0v) is 17.1. The van der Waals surface area contributed by atoms with E-state index in [0.29, 0.717) is 0 Å². The summed E-state index contributed by atoms with van der Waals surface area (Å²) in [5, 5.41) is 4.13. The Morgan fingerprint density at radius 1 is 0.760 bits per heavy atom. The molecular formula is C11H12Cl6N2O6. The maximum atomic E-state index is 11.7. The molecule has 0 aromatic carbocycles. The average Bonchev–Trinajstić information content (AvgIpc) is 2.33. The van der Waals surface area contributed by atoms with E-state index >= 15 is 0 Å². The van der Waals surface area contributed by atoms with Crippen molar-refractivity contribution in [1.29, 1.82) is 0 Å². The minimum Gasteiger partial charge on any atom is -0.437 e. The Morgan fingerprint density at radius 3 is 1.24 bits per heavy atom. The second-order valence-electron chi connectivity index (χ2n) is 4.40. The Labute approximate surface area is 172 Å². The van der Waals surface area contributed by atoms with Gasteiger partial charge in [0.2, 0.25) is 31.9 Å². The predicted octanol–water partition coefficient (Wildman–Crippen LogP) is 2.13. The smallest absolute Gasteiger partial charge is 0.319 e. The molecule has 0 aliphatic carbocycles. The molecule has 25 heavy (non-hydrogen) atoms. The van der Waals surface area contributed by atoms with Crippen molar-refractivity contribution in [3.05, 3.63) is 0 Å². The summed E-state index contributed by atoms with van der Waals surface area (Å²) in [5.74, 6) is -3.73. The summed E-state index contributed by atoms with van der Waals surface area (Å²) in [6.07, 6.45) is -4.29. The van der Waals surface area contributed by atoms with Crippen LogP contribution in [-0.2, 0) is 28.7 Å². The fourth-order valence-corrected chi connectivity index (χ4v) is 1.78. The summed E-state index contributed by atoms with van der Waals surface area (Å²) in [5.41, 5.74) is 0. The van der Waals surface area contributed by atoms with Gasteiger partial charge >= 0.3 is 11.9 Å². The number of esters is 2. The lowest BCUT2D eigenvalue weighted by Crippen LogP contribution is -2.47. The molecule has 0 aromatic rings. The molecule has 0 aliphatic rings. The Bertz CT molecular complexity index is 486. The zero-order valence-electron chi connectivity index (χ0n) is 12.6. The van der Waals surface area contributed by atoms with Gasteiger partial charge in [0.25, 0.3) is 0 Å². The highest BCUT2D eigenvalue weighted by Gasteiger charge is 2.39. The van der Waals surface area contributed by atoms with E-state index in [2.05, 4.69) is 10.6 Å². The molecule has 2 atom stereocenters. The quantitative estimate of drug-likeness (QED) is 0.261. The molecule has 144 valence electrons. The molecule has 0 rings (SSSR count). The Balaban J connectivity index is 4.84. The van der Waals surface area contributed by atoms with Gasteiger partial charge in [0.15, 0.2) is 0 Å². The van der Waals surface area contributed by atoms with Crippen molar-refractivity contribution < 1.29 is 28.7 Å². The summed E-state index contributed by atoms with van der Waals surface area (Å²) < 4.78 is 5.00. The number of nitrogens with one attached hydrogen (secondary N) is 2. The Hall–Kier alpha value is -0.380. The van der Waals surface area contributed by atoms with E-state index in [4.69, 9.17) is 79.1 Å². The van der Waals surface area contributed by atoms with Crippen molar-refractivity contribution in [3.63, 3.8) is 0 Å². The van der Waals surface area contributed by atoms with Crippen LogP contribution in [0.15, 0.2) is 0 Å².